The quantitative estimate of drug-likeness (QED) is 0.692. The van der Waals surface area contributed by atoms with Gasteiger partial charge in [0.25, 0.3) is 5.91 Å². The number of carbonyl (C=O) groups is 4. The molecule has 0 aromatic heterocycles. The number of rotatable bonds is 5. The highest BCUT2D eigenvalue weighted by atomic mass is 16.5. The van der Waals surface area contributed by atoms with Crippen LogP contribution >= 0.6 is 0 Å². The van der Waals surface area contributed by atoms with Gasteiger partial charge in [-0.15, -0.1) is 0 Å². The summed E-state index contributed by atoms with van der Waals surface area (Å²) < 4.78 is 10.2. The van der Waals surface area contributed by atoms with Crippen LogP contribution in [0.3, 0.4) is 0 Å². The number of piperazine rings is 1. The SMILES string of the molecule is COC(=O)C[C@H]1C(=O)NCCN1C(=O)COc1ccc2c(c1)CCC(=O)N2. The Hall–Kier alpha value is -3.10. The van der Waals surface area contributed by atoms with Gasteiger partial charge in [0.05, 0.1) is 13.5 Å². The van der Waals surface area contributed by atoms with Gasteiger partial charge in [0.15, 0.2) is 6.61 Å². The molecular weight excluding hydrogens is 354 g/mol. The fraction of sp³-hybridized carbons (Fsp3) is 0.444. The van der Waals surface area contributed by atoms with Crippen LogP contribution in [0.25, 0.3) is 0 Å². The topological polar surface area (TPSA) is 114 Å². The molecule has 2 aliphatic heterocycles. The van der Waals surface area contributed by atoms with E-state index >= 15 is 0 Å². The van der Waals surface area contributed by atoms with E-state index in [1.807, 2.05) is 0 Å². The molecule has 2 N–H and O–H groups in total. The number of benzene rings is 1. The van der Waals surface area contributed by atoms with E-state index in [1.165, 1.54) is 12.0 Å². The van der Waals surface area contributed by atoms with Crippen LogP contribution in [0.15, 0.2) is 18.2 Å². The number of nitrogens with one attached hydrogen (secondary N) is 2. The Kier molecular flexibility index (Phi) is 5.58. The molecule has 1 aromatic carbocycles. The van der Waals surface area contributed by atoms with Gasteiger partial charge >= 0.3 is 5.97 Å². The maximum Gasteiger partial charge on any atom is 0.308 e. The Morgan fingerprint density at radius 3 is 2.85 bits per heavy atom. The zero-order chi connectivity index (χ0) is 19.4. The molecule has 0 unspecified atom stereocenters. The summed E-state index contributed by atoms with van der Waals surface area (Å²) in [5.74, 6) is -0.850. The number of esters is 1. The van der Waals surface area contributed by atoms with E-state index in [-0.39, 0.29) is 30.7 Å². The molecule has 0 aliphatic carbocycles. The van der Waals surface area contributed by atoms with Crippen molar-refractivity contribution in [1.29, 1.82) is 0 Å². The van der Waals surface area contributed by atoms with Crippen LogP contribution in [-0.2, 0) is 30.3 Å². The number of ether oxygens (including phenoxy) is 2. The van der Waals surface area contributed by atoms with Crippen LogP contribution in [0.2, 0.25) is 0 Å². The number of anilines is 1. The Labute approximate surface area is 156 Å². The summed E-state index contributed by atoms with van der Waals surface area (Å²) in [6.45, 7) is 0.364. The molecule has 0 radical (unpaired) electrons. The average Bonchev–Trinajstić information content (AvgIpc) is 2.67. The van der Waals surface area contributed by atoms with Gasteiger partial charge in [0, 0.05) is 25.2 Å². The summed E-state index contributed by atoms with van der Waals surface area (Å²) in [5.41, 5.74) is 1.69. The van der Waals surface area contributed by atoms with Gasteiger partial charge in [-0.25, -0.2) is 0 Å². The minimum Gasteiger partial charge on any atom is -0.484 e. The second-order valence-corrected chi connectivity index (χ2v) is 6.33. The fourth-order valence-corrected chi connectivity index (χ4v) is 3.13. The van der Waals surface area contributed by atoms with Crippen LogP contribution in [0.5, 0.6) is 5.75 Å². The molecule has 3 amide bonds. The van der Waals surface area contributed by atoms with Crippen LogP contribution < -0.4 is 15.4 Å². The third kappa shape index (κ3) is 4.36. The van der Waals surface area contributed by atoms with Gasteiger partial charge in [-0.2, -0.15) is 0 Å². The van der Waals surface area contributed by atoms with E-state index in [4.69, 9.17) is 4.74 Å². The molecule has 2 aliphatic rings. The van der Waals surface area contributed by atoms with E-state index in [9.17, 15) is 19.2 Å². The monoisotopic (exact) mass is 375 g/mol. The van der Waals surface area contributed by atoms with Crippen molar-refractivity contribution in [2.75, 3.05) is 32.1 Å². The van der Waals surface area contributed by atoms with Gasteiger partial charge in [0.2, 0.25) is 11.8 Å². The van der Waals surface area contributed by atoms with E-state index in [0.717, 1.165) is 11.3 Å². The van der Waals surface area contributed by atoms with Crippen LogP contribution in [0, 0.1) is 0 Å². The van der Waals surface area contributed by atoms with Crippen molar-refractivity contribution in [2.45, 2.75) is 25.3 Å². The number of hydrogen-bond donors (Lipinski definition) is 2. The number of amides is 3. The maximum absolute atomic E-state index is 12.5. The minimum absolute atomic E-state index is 0.0219. The van der Waals surface area contributed by atoms with E-state index in [1.54, 1.807) is 18.2 Å². The smallest absolute Gasteiger partial charge is 0.308 e. The Morgan fingerprint density at radius 1 is 1.26 bits per heavy atom. The Balaban J connectivity index is 1.63. The lowest BCUT2D eigenvalue weighted by molar-refractivity contribution is -0.151. The predicted octanol–water partition coefficient (Wildman–Crippen LogP) is -0.160. The predicted molar refractivity (Wildman–Crippen MR) is 94.0 cm³/mol. The summed E-state index contributed by atoms with van der Waals surface area (Å²) in [7, 11) is 1.23. The first kappa shape index (κ1) is 18.7. The van der Waals surface area contributed by atoms with Crippen molar-refractivity contribution < 1.29 is 28.7 Å². The highest BCUT2D eigenvalue weighted by molar-refractivity contribution is 5.94. The summed E-state index contributed by atoms with van der Waals surface area (Å²) in [5, 5.41) is 5.42. The largest absolute Gasteiger partial charge is 0.484 e. The van der Waals surface area contributed by atoms with Crippen molar-refractivity contribution in [3.8, 4) is 5.75 Å². The van der Waals surface area contributed by atoms with Crippen molar-refractivity contribution in [1.82, 2.24) is 10.2 Å². The van der Waals surface area contributed by atoms with Crippen molar-refractivity contribution in [2.24, 2.45) is 0 Å². The number of hydrogen-bond acceptors (Lipinski definition) is 6. The average molecular weight is 375 g/mol. The normalized spacial score (nSPS) is 18.9. The molecule has 144 valence electrons. The van der Waals surface area contributed by atoms with Crippen LogP contribution in [0.4, 0.5) is 5.69 Å². The summed E-state index contributed by atoms with van der Waals surface area (Å²) in [6.07, 6.45) is 0.819. The van der Waals surface area contributed by atoms with Crippen molar-refractivity contribution in [3.63, 3.8) is 0 Å². The number of methoxy groups -OCH3 is 1. The lowest BCUT2D eigenvalue weighted by atomic mass is 10.0. The highest BCUT2D eigenvalue weighted by Crippen LogP contribution is 2.26. The van der Waals surface area contributed by atoms with Gasteiger partial charge in [-0.05, 0) is 30.2 Å². The van der Waals surface area contributed by atoms with E-state index < -0.39 is 12.0 Å². The van der Waals surface area contributed by atoms with Gasteiger partial charge in [-0.3, -0.25) is 19.2 Å². The first-order valence-electron chi connectivity index (χ1n) is 8.67. The number of fused-ring (bicyclic) bond motifs is 1. The zero-order valence-electron chi connectivity index (χ0n) is 14.9. The second-order valence-electron chi connectivity index (χ2n) is 6.33. The van der Waals surface area contributed by atoms with E-state index in [2.05, 4.69) is 15.4 Å². The fourth-order valence-electron chi connectivity index (χ4n) is 3.13. The lowest BCUT2D eigenvalue weighted by Crippen LogP contribution is -2.58. The molecule has 0 saturated carbocycles. The maximum atomic E-state index is 12.5. The summed E-state index contributed by atoms with van der Waals surface area (Å²) in [6, 6.07) is 4.30. The molecule has 9 heteroatoms. The number of carbonyl (C=O) groups excluding carboxylic acids is 4. The van der Waals surface area contributed by atoms with Gasteiger partial charge < -0.3 is 25.0 Å². The van der Waals surface area contributed by atoms with Crippen LogP contribution in [-0.4, -0.2) is 61.4 Å². The molecule has 9 nitrogen and oxygen atoms in total. The van der Waals surface area contributed by atoms with Gasteiger partial charge in [0.1, 0.15) is 11.8 Å². The molecular formula is C18H21N3O6. The number of nitrogens with zero attached hydrogens (tertiary/aromatic N) is 1. The standard InChI is InChI=1S/C18H21N3O6/c1-26-17(24)9-14-18(25)19-6-7-21(14)16(23)10-27-12-3-4-13-11(8-12)2-5-15(22)20-13/h3-4,8,14H,2,5-7,9-10H2,1H3,(H,19,25)(H,20,22)/t14-/m0/s1. The molecule has 0 spiro atoms. The second kappa shape index (κ2) is 8.07. The molecule has 1 fully saturated rings. The molecule has 1 atom stereocenters. The van der Waals surface area contributed by atoms with Crippen LogP contribution in [0.1, 0.15) is 18.4 Å². The highest BCUT2D eigenvalue weighted by Gasteiger charge is 2.35. The Bertz CT molecular complexity index is 778. The molecule has 2 heterocycles. The molecule has 27 heavy (non-hydrogen) atoms. The van der Waals surface area contributed by atoms with E-state index in [0.29, 0.717) is 31.7 Å². The molecule has 3 rings (SSSR count). The first-order chi connectivity index (χ1) is 13.0. The van der Waals surface area contributed by atoms with Crippen molar-refractivity contribution in [3.05, 3.63) is 23.8 Å². The third-order valence-corrected chi connectivity index (χ3v) is 4.57. The minimum atomic E-state index is -0.902. The summed E-state index contributed by atoms with van der Waals surface area (Å²) >= 11 is 0. The van der Waals surface area contributed by atoms with Gasteiger partial charge in [-0.1, -0.05) is 0 Å². The lowest BCUT2D eigenvalue weighted by Gasteiger charge is -2.34. The molecule has 1 aromatic rings. The Morgan fingerprint density at radius 2 is 2.07 bits per heavy atom. The first-order valence-corrected chi connectivity index (χ1v) is 8.67. The molecule has 0 bridgehead atoms. The number of aryl methyl sites for hydroxylation is 1. The van der Waals surface area contributed by atoms with Crippen molar-refractivity contribution >= 4 is 29.4 Å². The summed E-state index contributed by atoms with van der Waals surface area (Å²) in [4.78, 5) is 48.8. The molecule has 1 saturated heterocycles. The zero-order valence-corrected chi connectivity index (χ0v) is 14.9. The third-order valence-electron chi connectivity index (χ3n) is 4.57.